The summed E-state index contributed by atoms with van der Waals surface area (Å²) in [4.78, 5) is 4.20. The summed E-state index contributed by atoms with van der Waals surface area (Å²) in [5, 5.41) is 3.12. The number of hydrogen-bond donors (Lipinski definition) is 2. The fourth-order valence-corrected chi connectivity index (χ4v) is 1.94. The van der Waals surface area contributed by atoms with Crippen LogP contribution in [0.1, 0.15) is 32.3 Å². The summed E-state index contributed by atoms with van der Waals surface area (Å²) in [6.45, 7) is 6.26. The standard InChI is InChI=1S/C16H27N3O2/c1-4-10-18-16(17)19-11-6-7-13-8-9-14(20-3)15(12-13)21-5-2/h8-9,12H,4-7,10-11H2,1-3H3,(H3,17,18,19). The number of guanidine groups is 1. The largest absolute Gasteiger partial charge is 0.493 e. The minimum atomic E-state index is 0.529. The molecule has 0 fully saturated rings. The van der Waals surface area contributed by atoms with Crippen molar-refractivity contribution in [2.45, 2.75) is 33.1 Å². The third-order valence-electron chi connectivity index (χ3n) is 2.98. The Morgan fingerprint density at radius 2 is 2.10 bits per heavy atom. The molecule has 0 saturated carbocycles. The number of benzene rings is 1. The molecule has 1 aromatic carbocycles. The van der Waals surface area contributed by atoms with E-state index in [0.717, 1.165) is 43.9 Å². The van der Waals surface area contributed by atoms with Gasteiger partial charge in [-0.3, -0.25) is 4.99 Å². The van der Waals surface area contributed by atoms with Crippen molar-refractivity contribution in [3.05, 3.63) is 23.8 Å². The van der Waals surface area contributed by atoms with Gasteiger partial charge in [-0.1, -0.05) is 13.0 Å². The number of aryl methyl sites for hydroxylation is 1. The Labute approximate surface area is 127 Å². The van der Waals surface area contributed by atoms with Gasteiger partial charge in [0.2, 0.25) is 0 Å². The maximum absolute atomic E-state index is 5.74. The molecule has 5 nitrogen and oxygen atoms in total. The average Bonchev–Trinajstić information content (AvgIpc) is 2.50. The van der Waals surface area contributed by atoms with Crippen molar-refractivity contribution >= 4 is 5.96 Å². The lowest BCUT2D eigenvalue weighted by Gasteiger charge is -2.11. The Morgan fingerprint density at radius 1 is 1.29 bits per heavy atom. The highest BCUT2D eigenvalue weighted by molar-refractivity contribution is 5.77. The van der Waals surface area contributed by atoms with E-state index in [0.29, 0.717) is 12.6 Å². The number of hydrogen-bond acceptors (Lipinski definition) is 3. The summed E-state index contributed by atoms with van der Waals surface area (Å²) in [6, 6.07) is 6.05. The van der Waals surface area contributed by atoms with Crippen LogP contribution in [-0.4, -0.2) is 32.8 Å². The van der Waals surface area contributed by atoms with Crippen LogP contribution in [0.5, 0.6) is 11.5 Å². The van der Waals surface area contributed by atoms with Gasteiger partial charge in [0.25, 0.3) is 0 Å². The van der Waals surface area contributed by atoms with E-state index in [-0.39, 0.29) is 0 Å². The normalized spacial score (nSPS) is 11.3. The molecular weight excluding hydrogens is 266 g/mol. The van der Waals surface area contributed by atoms with Gasteiger partial charge in [-0.2, -0.15) is 0 Å². The van der Waals surface area contributed by atoms with Crippen LogP contribution in [0.2, 0.25) is 0 Å². The quantitative estimate of drug-likeness (QED) is 0.416. The van der Waals surface area contributed by atoms with E-state index in [4.69, 9.17) is 15.2 Å². The molecule has 3 N–H and O–H groups in total. The Balaban J connectivity index is 2.43. The van der Waals surface area contributed by atoms with Crippen molar-refractivity contribution in [2.75, 3.05) is 26.8 Å². The predicted octanol–water partition coefficient (Wildman–Crippen LogP) is 2.34. The predicted molar refractivity (Wildman–Crippen MR) is 87.3 cm³/mol. The van der Waals surface area contributed by atoms with Gasteiger partial charge < -0.3 is 20.5 Å². The monoisotopic (exact) mass is 293 g/mol. The number of nitrogens with one attached hydrogen (secondary N) is 1. The van der Waals surface area contributed by atoms with Crippen LogP contribution in [0.4, 0.5) is 0 Å². The zero-order valence-corrected chi connectivity index (χ0v) is 13.3. The Kier molecular flexibility index (Phi) is 8.09. The van der Waals surface area contributed by atoms with E-state index < -0.39 is 0 Å². The lowest BCUT2D eigenvalue weighted by molar-refractivity contribution is 0.310. The molecule has 0 saturated heterocycles. The molecule has 0 aromatic heterocycles. The van der Waals surface area contributed by atoms with Gasteiger partial charge in [0, 0.05) is 13.1 Å². The smallest absolute Gasteiger partial charge is 0.188 e. The van der Waals surface area contributed by atoms with E-state index in [1.165, 1.54) is 5.56 Å². The highest BCUT2D eigenvalue weighted by Gasteiger charge is 2.05. The molecule has 0 unspecified atom stereocenters. The molecule has 0 amide bonds. The fraction of sp³-hybridized carbons (Fsp3) is 0.562. The first-order chi connectivity index (χ1) is 10.2. The molecule has 0 aliphatic rings. The van der Waals surface area contributed by atoms with E-state index in [2.05, 4.69) is 23.3 Å². The molecule has 0 bridgehead atoms. The minimum Gasteiger partial charge on any atom is -0.493 e. The summed E-state index contributed by atoms with van der Waals surface area (Å²) < 4.78 is 10.9. The first-order valence-electron chi connectivity index (χ1n) is 7.54. The van der Waals surface area contributed by atoms with Gasteiger partial charge in [-0.15, -0.1) is 0 Å². The van der Waals surface area contributed by atoms with Gasteiger partial charge in [0.05, 0.1) is 13.7 Å². The number of nitrogens with two attached hydrogens (primary N) is 1. The number of aliphatic imine (C=N–C) groups is 1. The molecule has 21 heavy (non-hydrogen) atoms. The van der Waals surface area contributed by atoms with Crippen molar-refractivity contribution in [3.63, 3.8) is 0 Å². The van der Waals surface area contributed by atoms with Crippen LogP contribution < -0.4 is 20.5 Å². The molecule has 0 aliphatic carbocycles. The second kappa shape index (κ2) is 9.91. The summed E-state index contributed by atoms with van der Waals surface area (Å²) in [7, 11) is 1.65. The maximum atomic E-state index is 5.74. The Hall–Kier alpha value is -1.91. The van der Waals surface area contributed by atoms with E-state index in [9.17, 15) is 0 Å². The first-order valence-corrected chi connectivity index (χ1v) is 7.54. The van der Waals surface area contributed by atoms with Gasteiger partial charge >= 0.3 is 0 Å². The highest BCUT2D eigenvalue weighted by Crippen LogP contribution is 2.28. The van der Waals surface area contributed by atoms with Crippen molar-refractivity contribution in [1.82, 2.24) is 5.32 Å². The Morgan fingerprint density at radius 3 is 2.76 bits per heavy atom. The molecule has 118 valence electrons. The molecule has 0 atom stereocenters. The molecule has 0 spiro atoms. The molecular formula is C16H27N3O2. The number of ether oxygens (including phenoxy) is 2. The topological polar surface area (TPSA) is 68.9 Å². The van der Waals surface area contributed by atoms with Gasteiger partial charge in [0.1, 0.15) is 0 Å². The van der Waals surface area contributed by atoms with Gasteiger partial charge in [0.15, 0.2) is 17.5 Å². The second-order valence-electron chi connectivity index (χ2n) is 4.72. The minimum absolute atomic E-state index is 0.529. The highest BCUT2D eigenvalue weighted by atomic mass is 16.5. The molecule has 1 rings (SSSR count). The number of nitrogens with zero attached hydrogens (tertiary/aromatic N) is 1. The summed E-state index contributed by atoms with van der Waals surface area (Å²) in [6.07, 6.45) is 2.95. The molecule has 0 radical (unpaired) electrons. The number of methoxy groups -OCH3 is 1. The third-order valence-corrected chi connectivity index (χ3v) is 2.98. The molecule has 5 heteroatoms. The molecule has 1 aromatic rings. The molecule has 0 heterocycles. The lowest BCUT2D eigenvalue weighted by Crippen LogP contribution is -2.32. The van der Waals surface area contributed by atoms with E-state index in [1.807, 2.05) is 19.1 Å². The van der Waals surface area contributed by atoms with Crippen LogP contribution in [0.15, 0.2) is 23.2 Å². The Bertz CT molecular complexity index is 447. The maximum Gasteiger partial charge on any atom is 0.188 e. The molecule has 0 aliphatic heterocycles. The van der Waals surface area contributed by atoms with Crippen molar-refractivity contribution in [1.29, 1.82) is 0 Å². The van der Waals surface area contributed by atoms with E-state index >= 15 is 0 Å². The summed E-state index contributed by atoms with van der Waals surface area (Å²) in [5.74, 6) is 2.10. The summed E-state index contributed by atoms with van der Waals surface area (Å²) in [5.41, 5.74) is 6.97. The lowest BCUT2D eigenvalue weighted by atomic mass is 10.1. The van der Waals surface area contributed by atoms with Gasteiger partial charge in [-0.05, 0) is 43.9 Å². The van der Waals surface area contributed by atoms with Crippen LogP contribution >= 0.6 is 0 Å². The van der Waals surface area contributed by atoms with Gasteiger partial charge in [-0.25, -0.2) is 0 Å². The van der Waals surface area contributed by atoms with Crippen molar-refractivity contribution in [2.24, 2.45) is 10.7 Å². The van der Waals surface area contributed by atoms with Crippen LogP contribution in [0, 0.1) is 0 Å². The summed E-state index contributed by atoms with van der Waals surface area (Å²) >= 11 is 0. The zero-order valence-electron chi connectivity index (χ0n) is 13.3. The average molecular weight is 293 g/mol. The van der Waals surface area contributed by atoms with E-state index in [1.54, 1.807) is 7.11 Å². The fourth-order valence-electron chi connectivity index (χ4n) is 1.94. The second-order valence-corrected chi connectivity index (χ2v) is 4.72. The van der Waals surface area contributed by atoms with Crippen LogP contribution in [0.3, 0.4) is 0 Å². The zero-order chi connectivity index (χ0) is 15.5. The first kappa shape index (κ1) is 17.1. The third kappa shape index (κ3) is 6.38. The van der Waals surface area contributed by atoms with Crippen molar-refractivity contribution in [3.8, 4) is 11.5 Å². The van der Waals surface area contributed by atoms with Crippen molar-refractivity contribution < 1.29 is 9.47 Å². The number of rotatable bonds is 9. The van der Waals surface area contributed by atoms with Crippen LogP contribution in [-0.2, 0) is 6.42 Å². The van der Waals surface area contributed by atoms with Crippen LogP contribution in [0.25, 0.3) is 0 Å². The SMILES string of the molecule is CCCN=C(N)NCCCc1ccc(OC)c(OCC)c1.